The van der Waals surface area contributed by atoms with Crippen molar-refractivity contribution in [2.75, 3.05) is 11.6 Å². The zero-order chi connectivity index (χ0) is 13.8. The Morgan fingerprint density at radius 2 is 2.21 bits per heavy atom. The van der Waals surface area contributed by atoms with E-state index in [4.69, 9.17) is 11.6 Å². The summed E-state index contributed by atoms with van der Waals surface area (Å²) in [4.78, 5) is 16.4. The van der Waals surface area contributed by atoms with Crippen molar-refractivity contribution < 1.29 is 4.79 Å². The molecule has 0 atom stereocenters. The average Bonchev–Trinajstić information content (AvgIpc) is 2.41. The largest absolute Gasteiger partial charge is 0.321 e. The van der Waals surface area contributed by atoms with Crippen LogP contribution in [0.4, 0.5) is 5.69 Å². The molecular weight excluding hydrogens is 348 g/mol. The van der Waals surface area contributed by atoms with Gasteiger partial charge in [0, 0.05) is 10.7 Å². The predicted molar refractivity (Wildman–Crippen MR) is 83.1 cm³/mol. The number of rotatable bonds is 3. The van der Waals surface area contributed by atoms with E-state index in [1.165, 1.54) is 11.8 Å². The maximum Gasteiger partial charge on any atom is 0.258 e. The summed E-state index contributed by atoms with van der Waals surface area (Å²) in [5.41, 5.74) is 1.11. The Morgan fingerprint density at radius 1 is 1.42 bits per heavy atom. The Labute approximate surface area is 128 Å². The average molecular weight is 358 g/mol. The van der Waals surface area contributed by atoms with Gasteiger partial charge in [0.25, 0.3) is 5.91 Å². The number of amides is 1. The van der Waals surface area contributed by atoms with Gasteiger partial charge < -0.3 is 5.32 Å². The molecule has 2 rings (SSSR count). The molecule has 0 aliphatic carbocycles. The summed E-state index contributed by atoms with van der Waals surface area (Å²) in [7, 11) is 0. The molecule has 0 aliphatic heterocycles. The van der Waals surface area contributed by atoms with Crippen LogP contribution in [0.1, 0.15) is 10.4 Å². The highest BCUT2D eigenvalue weighted by Gasteiger charge is 2.13. The molecule has 0 radical (unpaired) electrons. The summed E-state index contributed by atoms with van der Waals surface area (Å²) in [5.74, 6) is -0.221. The molecule has 0 fully saturated rings. The van der Waals surface area contributed by atoms with E-state index in [0.29, 0.717) is 21.3 Å². The lowest BCUT2D eigenvalue weighted by Crippen LogP contribution is -2.13. The molecule has 1 N–H and O–H groups in total. The molecule has 0 spiro atoms. The lowest BCUT2D eigenvalue weighted by Gasteiger charge is -2.09. The SMILES string of the molecule is CSc1ncccc1C(=O)Nc1ccc(Br)cc1Cl. The number of nitrogens with zero attached hydrogens (tertiary/aromatic N) is 1. The smallest absolute Gasteiger partial charge is 0.258 e. The number of halogens is 2. The fourth-order valence-corrected chi connectivity index (χ4v) is 2.77. The summed E-state index contributed by atoms with van der Waals surface area (Å²) in [6.07, 6.45) is 3.54. The lowest BCUT2D eigenvalue weighted by molar-refractivity contribution is 0.102. The standard InChI is InChI=1S/C13H10BrClN2OS/c1-19-13-9(3-2-6-16-13)12(18)17-11-5-4-8(14)7-10(11)15/h2-7H,1H3,(H,17,18). The number of pyridine rings is 1. The van der Waals surface area contributed by atoms with Gasteiger partial charge in [-0.05, 0) is 36.6 Å². The van der Waals surface area contributed by atoms with Crippen LogP contribution in [0.25, 0.3) is 0 Å². The van der Waals surface area contributed by atoms with E-state index >= 15 is 0 Å². The lowest BCUT2D eigenvalue weighted by atomic mass is 10.2. The normalized spacial score (nSPS) is 10.3. The van der Waals surface area contributed by atoms with Gasteiger partial charge >= 0.3 is 0 Å². The minimum atomic E-state index is -0.221. The molecule has 98 valence electrons. The van der Waals surface area contributed by atoms with Crippen LogP contribution in [0, 0.1) is 0 Å². The molecule has 1 aromatic carbocycles. The highest BCUT2D eigenvalue weighted by Crippen LogP contribution is 2.26. The Morgan fingerprint density at radius 3 is 2.89 bits per heavy atom. The fourth-order valence-electron chi connectivity index (χ4n) is 1.51. The van der Waals surface area contributed by atoms with Gasteiger partial charge in [0.05, 0.1) is 16.3 Å². The van der Waals surface area contributed by atoms with Crippen molar-refractivity contribution in [1.82, 2.24) is 4.98 Å². The minimum Gasteiger partial charge on any atom is -0.321 e. The first-order valence-electron chi connectivity index (χ1n) is 5.37. The van der Waals surface area contributed by atoms with Crippen LogP contribution < -0.4 is 5.32 Å². The molecule has 0 saturated heterocycles. The number of thioether (sulfide) groups is 1. The van der Waals surface area contributed by atoms with Crippen molar-refractivity contribution in [1.29, 1.82) is 0 Å². The van der Waals surface area contributed by atoms with Crippen molar-refractivity contribution in [3.8, 4) is 0 Å². The maximum absolute atomic E-state index is 12.2. The van der Waals surface area contributed by atoms with Crippen LogP contribution >= 0.6 is 39.3 Å². The van der Waals surface area contributed by atoms with Gasteiger partial charge in [-0.2, -0.15) is 0 Å². The molecule has 0 unspecified atom stereocenters. The third-order valence-corrected chi connectivity index (χ3v) is 3.91. The van der Waals surface area contributed by atoms with Gasteiger partial charge in [0.15, 0.2) is 0 Å². The van der Waals surface area contributed by atoms with E-state index in [0.717, 1.165) is 4.47 Å². The number of aromatic nitrogens is 1. The number of benzene rings is 1. The molecule has 19 heavy (non-hydrogen) atoms. The van der Waals surface area contributed by atoms with Crippen LogP contribution in [0.5, 0.6) is 0 Å². The molecule has 1 aromatic heterocycles. The summed E-state index contributed by atoms with van der Waals surface area (Å²) in [6, 6.07) is 8.77. The number of hydrogen-bond acceptors (Lipinski definition) is 3. The van der Waals surface area contributed by atoms with Crippen LogP contribution in [-0.2, 0) is 0 Å². The van der Waals surface area contributed by atoms with Gasteiger partial charge in [0.1, 0.15) is 5.03 Å². The highest BCUT2D eigenvalue weighted by molar-refractivity contribution is 9.10. The van der Waals surface area contributed by atoms with E-state index < -0.39 is 0 Å². The summed E-state index contributed by atoms with van der Waals surface area (Å²) >= 11 is 10.8. The number of carbonyl (C=O) groups is 1. The van der Waals surface area contributed by atoms with Gasteiger partial charge in [-0.3, -0.25) is 4.79 Å². The summed E-state index contributed by atoms with van der Waals surface area (Å²) < 4.78 is 0.863. The summed E-state index contributed by atoms with van der Waals surface area (Å²) in [6.45, 7) is 0. The van der Waals surface area contributed by atoms with Crippen molar-refractivity contribution in [3.05, 3.63) is 51.6 Å². The highest BCUT2D eigenvalue weighted by atomic mass is 79.9. The van der Waals surface area contributed by atoms with Crippen molar-refractivity contribution in [3.63, 3.8) is 0 Å². The van der Waals surface area contributed by atoms with Crippen LogP contribution in [0.3, 0.4) is 0 Å². The van der Waals surface area contributed by atoms with E-state index in [2.05, 4.69) is 26.2 Å². The maximum atomic E-state index is 12.2. The van der Waals surface area contributed by atoms with Crippen molar-refractivity contribution in [2.24, 2.45) is 0 Å². The zero-order valence-corrected chi connectivity index (χ0v) is 13.1. The van der Waals surface area contributed by atoms with Gasteiger partial charge in [-0.25, -0.2) is 4.98 Å². The fraction of sp³-hybridized carbons (Fsp3) is 0.0769. The van der Waals surface area contributed by atoms with Gasteiger partial charge in [-0.1, -0.05) is 27.5 Å². The monoisotopic (exact) mass is 356 g/mol. The Bertz CT molecular complexity index is 621. The quantitative estimate of drug-likeness (QED) is 0.824. The predicted octanol–water partition coefficient (Wildman–Crippen LogP) is 4.47. The van der Waals surface area contributed by atoms with Crippen LogP contribution in [0.15, 0.2) is 46.0 Å². The van der Waals surface area contributed by atoms with E-state index in [9.17, 15) is 4.79 Å². The third kappa shape index (κ3) is 3.49. The number of carbonyl (C=O) groups excluding carboxylic acids is 1. The molecule has 2 aromatic rings. The molecule has 1 heterocycles. The minimum absolute atomic E-state index is 0.221. The number of nitrogens with one attached hydrogen (secondary N) is 1. The molecule has 0 bridgehead atoms. The van der Waals surface area contributed by atoms with Crippen molar-refractivity contribution >= 4 is 50.9 Å². The molecule has 0 saturated carbocycles. The van der Waals surface area contributed by atoms with E-state index in [1.807, 2.05) is 12.3 Å². The first kappa shape index (κ1) is 14.4. The first-order chi connectivity index (χ1) is 9.11. The van der Waals surface area contributed by atoms with Gasteiger partial charge in [-0.15, -0.1) is 11.8 Å². The molecule has 0 aliphatic rings. The van der Waals surface area contributed by atoms with Crippen LogP contribution in [-0.4, -0.2) is 17.1 Å². The second-order valence-electron chi connectivity index (χ2n) is 3.64. The Kier molecular flexibility index (Phi) is 4.85. The van der Waals surface area contributed by atoms with Gasteiger partial charge in [0.2, 0.25) is 0 Å². The van der Waals surface area contributed by atoms with E-state index in [-0.39, 0.29) is 5.91 Å². The second-order valence-corrected chi connectivity index (χ2v) is 5.76. The zero-order valence-electron chi connectivity index (χ0n) is 9.98. The Hall–Kier alpha value is -1.04. The van der Waals surface area contributed by atoms with E-state index in [1.54, 1.807) is 30.5 Å². The Balaban J connectivity index is 2.26. The molecule has 6 heteroatoms. The molecular formula is C13H10BrClN2OS. The number of anilines is 1. The third-order valence-electron chi connectivity index (χ3n) is 2.39. The number of hydrogen-bond donors (Lipinski definition) is 1. The van der Waals surface area contributed by atoms with Crippen molar-refractivity contribution in [2.45, 2.75) is 5.03 Å². The van der Waals surface area contributed by atoms with Crippen LogP contribution in [0.2, 0.25) is 5.02 Å². The second kappa shape index (κ2) is 6.41. The summed E-state index contributed by atoms with van der Waals surface area (Å²) in [5, 5.41) is 3.96. The first-order valence-corrected chi connectivity index (χ1v) is 7.77. The molecule has 1 amide bonds. The topological polar surface area (TPSA) is 42.0 Å². The molecule has 3 nitrogen and oxygen atoms in total.